The van der Waals surface area contributed by atoms with Crippen LogP contribution in [0.4, 0.5) is 0 Å². The summed E-state index contributed by atoms with van der Waals surface area (Å²) in [4.78, 5) is 16.5. The zero-order chi connectivity index (χ0) is 19.4. The minimum absolute atomic E-state index is 0.114. The smallest absolute Gasteiger partial charge is 0.251 e. The van der Waals surface area contributed by atoms with E-state index in [4.69, 9.17) is 4.52 Å². The fourth-order valence-electron chi connectivity index (χ4n) is 2.54. The van der Waals surface area contributed by atoms with Crippen LogP contribution < -0.4 is 5.32 Å². The normalized spacial score (nSPS) is 12.6. The van der Waals surface area contributed by atoms with Gasteiger partial charge in [0.05, 0.1) is 12.2 Å². The number of aliphatic hydroxyl groups excluding tert-OH is 1. The molecule has 3 rings (SSSR count). The molecule has 1 amide bonds. The van der Waals surface area contributed by atoms with Gasteiger partial charge in [-0.25, -0.2) is 0 Å². The van der Waals surface area contributed by atoms with E-state index < -0.39 is 11.6 Å². The molecule has 0 aliphatic heterocycles. The van der Waals surface area contributed by atoms with Crippen molar-refractivity contribution in [3.63, 3.8) is 0 Å². The number of nitrogens with one attached hydrogen (secondary N) is 1. The van der Waals surface area contributed by atoms with Gasteiger partial charge < -0.3 is 20.1 Å². The molecule has 7 nitrogen and oxygen atoms in total. The Labute approximate surface area is 156 Å². The van der Waals surface area contributed by atoms with Gasteiger partial charge in [-0.15, -0.1) is 0 Å². The summed E-state index contributed by atoms with van der Waals surface area (Å²) < 4.78 is 5.22. The van der Waals surface area contributed by atoms with E-state index in [9.17, 15) is 15.0 Å². The van der Waals surface area contributed by atoms with Crippen LogP contribution in [0.15, 0.2) is 59.1 Å². The molecule has 1 aromatic heterocycles. The highest BCUT2D eigenvalue weighted by Crippen LogP contribution is 2.24. The number of nitrogens with zero attached hydrogens (tertiary/aromatic N) is 2. The second-order valence-corrected chi connectivity index (χ2v) is 6.67. The summed E-state index contributed by atoms with van der Waals surface area (Å²) >= 11 is 0. The maximum Gasteiger partial charge on any atom is 0.251 e. The third kappa shape index (κ3) is 4.39. The molecule has 7 heteroatoms. The van der Waals surface area contributed by atoms with E-state index in [-0.39, 0.29) is 18.4 Å². The lowest BCUT2D eigenvalue weighted by atomic mass is 9.97. The third-order valence-corrected chi connectivity index (χ3v) is 4.11. The van der Waals surface area contributed by atoms with Crippen LogP contribution >= 0.6 is 0 Å². The van der Waals surface area contributed by atoms with Crippen molar-refractivity contribution < 1.29 is 19.5 Å². The summed E-state index contributed by atoms with van der Waals surface area (Å²) in [5.74, 6) is 0.104. The fourth-order valence-corrected chi connectivity index (χ4v) is 2.54. The minimum Gasteiger partial charge on any atom is -0.394 e. The third-order valence-electron chi connectivity index (χ3n) is 4.11. The molecule has 1 heterocycles. The van der Waals surface area contributed by atoms with Crippen molar-refractivity contribution in [2.45, 2.75) is 25.5 Å². The molecule has 0 aliphatic rings. The van der Waals surface area contributed by atoms with Crippen molar-refractivity contribution in [2.75, 3.05) is 6.61 Å². The van der Waals surface area contributed by atoms with E-state index in [1.165, 1.54) is 0 Å². The van der Waals surface area contributed by atoms with Crippen LogP contribution in [0.2, 0.25) is 0 Å². The summed E-state index contributed by atoms with van der Waals surface area (Å²) in [5.41, 5.74) is 0.991. The second-order valence-electron chi connectivity index (χ2n) is 6.67. The molecule has 0 unspecified atom stereocenters. The number of carbonyl (C=O) groups excluding carboxylic acids is 1. The van der Waals surface area contributed by atoms with Crippen molar-refractivity contribution in [3.8, 4) is 11.4 Å². The zero-order valence-corrected chi connectivity index (χ0v) is 15.1. The zero-order valence-electron chi connectivity index (χ0n) is 15.1. The van der Waals surface area contributed by atoms with Crippen molar-refractivity contribution in [1.82, 2.24) is 15.5 Å². The Morgan fingerprint density at radius 1 is 1.15 bits per heavy atom. The molecular formula is C20H21N3O4. The molecule has 0 radical (unpaired) electrons. The van der Waals surface area contributed by atoms with Gasteiger partial charge in [0.25, 0.3) is 11.8 Å². The molecule has 0 saturated carbocycles. The molecule has 1 atom stereocenters. The maximum atomic E-state index is 12.3. The Morgan fingerprint density at radius 2 is 1.81 bits per heavy atom. The highest BCUT2D eigenvalue weighted by Gasteiger charge is 2.22. The van der Waals surface area contributed by atoms with Crippen LogP contribution in [0, 0.1) is 0 Å². The first-order chi connectivity index (χ1) is 12.9. The summed E-state index contributed by atoms with van der Waals surface area (Å²) in [6.07, 6.45) is 0. The lowest BCUT2D eigenvalue weighted by molar-refractivity contribution is 0.0786. The maximum absolute atomic E-state index is 12.3. The first-order valence-electron chi connectivity index (χ1n) is 8.52. The van der Waals surface area contributed by atoms with Gasteiger partial charge >= 0.3 is 0 Å². The lowest BCUT2D eigenvalue weighted by Crippen LogP contribution is -2.31. The molecular weight excluding hydrogens is 346 g/mol. The Morgan fingerprint density at radius 3 is 2.41 bits per heavy atom. The fraction of sp³-hybridized carbons (Fsp3) is 0.250. The highest BCUT2D eigenvalue weighted by molar-refractivity contribution is 5.94. The Balaban J connectivity index is 1.76. The second kappa shape index (κ2) is 7.69. The van der Waals surface area contributed by atoms with E-state index in [2.05, 4.69) is 15.5 Å². The van der Waals surface area contributed by atoms with Gasteiger partial charge in [-0.2, -0.15) is 4.98 Å². The largest absolute Gasteiger partial charge is 0.394 e. The van der Waals surface area contributed by atoms with Crippen LogP contribution in [0.3, 0.4) is 0 Å². The number of hydrogen-bond donors (Lipinski definition) is 3. The monoisotopic (exact) mass is 367 g/mol. The van der Waals surface area contributed by atoms with E-state index in [1.807, 2.05) is 6.07 Å². The molecule has 27 heavy (non-hydrogen) atoms. The average molecular weight is 367 g/mol. The number of rotatable bonds is 6. The van der Waals surface area contributed by atoms with Gasteiger partial charge in [-0.05, 0) is 31.5 Å². The predicted molar refractivity (Wildman–Crippen MR) is 98.7 cm³/mol. The van der Waals surface area contributed by atoms with Crippen LogP contribution in [-0.4, -0.2) is 32.9 Å². The molecule has 0 spiro atoms. The Kier molecular flexibility index (Phi) is 5.34. The van der Waals surface area contributed by atoms with E-state index in [0.29, 0.717) is 17.0 Å². The van der Waals surface area contributed by atoms with Crippen LogP contribution in [0.5, 0.6) is 0 Å². The Hall–Kier alpha value is -3.03. The molecule has 0 bridgehead atoms. The predicted octanol–water partition coefficient (Wildman–Crippen LogP) is 2.43. The van der Waals surface area contributed by atoms with Gasteiger partial charge in [0.2, 0.25) is 5.82 Å². The number of amides is 1. The highest BCUT2D eigenvalue weighted by atomic mass is 16.5. The first kappa shape index (κ1) is 18.8. The van der Waals surface area contributed by atoms with E-state index in [1.54, 1.807) is 62.4 Å². The van der Waals surface area contributed by atoms with Crippen molar-refractivity contribution in [1.29, 1.82) is 0 Å². The summed E-state index contributed by atoms with van der Waals surface area (Å²) in [7, 11) is 0. The minimum atomic E-state index is -0.940. The number of aromatic nitrogens is 2. The number of carbonyl (C=O) groups is 1. The van der Waals surface area contributed by atoms with Gasteiger partial charge in [-0.3, -0.25) is 4.79 Å². The first-order valence-corrected chi connectivity index (χ1v) is 8.52. The van der Waals surface area contributed by atoms with E-state index in [0.717, 1.165) is 5.56 Å². The number of benzene rings is 2. The molecule has 0 saturated heterocycles. The summed E-state index contributed by atoms with van der Waals surface area (Å²) in [5, 5.41) is 26.2. The lowest BCUT2D eigenvalue weighted by Gasteiger charge is -2.17. The van der Waals surface area contributed by atoms with Gasteiger partial charge in [0.1, 0.15) is 6.04 Å². The summed E-state index contributed by atoms with van der Waals surface area (Å²) in [6, 6.07) is 15.0. The number of aliphatic hydroxyl groups is 2. The van der Waals surface area contributed by atoms with Crippen LogP contribution in [-0.2, 0) is 5.60 Å². The summed E-state index contributed by atoms with van der Waals surface area (Å²) in [6.45, 7) is 3.03. The van der Waals surface area contributed by atoms with Gasteiger partial charge in [0.15, 0.2) is 0 Å². The van der Waals surface area contributed by atoms with E-state index >= 15 is 0 Å². The molecule has 140 valence electrons. The molecule has 2 aromatic carbocycles. The standard InChI is InChI=1S/C20H21N3O4/c1-20(2,26)15-10-8-13(9-11-15)17-22-19(27-23-17)16(12-24)21-18(25)14-6-4-3-5-7-14/h3-11,16,24,26H,12H2,1-2H3,(H,21,25)/t16-/m0/s1. The molecule has 0 fully saturated rings. The number of hydrogen-bond acceptors (Lipinski definition) is 6. The van der Waals surface area contributed by atoms with Gasteiger partial charge in [0, 0.05) is 11.1 Å². The quantitative estimate of drug-likeness (QED) is 0.617. The average Bonchev–Trinajstić information content (AvgIpc) is 3.16. The van der Waals surface area contributed by atoms with Gasteiger partial charge in [-0.1, -0.05) is 47.6 Å². The van der Waals surface area contributed by atoms with Crippen molar-refractivity contribution in [2.24, 2.45) is 0 Å². The molecule has 3 aromatic rings. The van der Waals surface area contributed by atoms with Crippen molar-refractivity contribution >= 4 is 5.91 Å². The van der Waals surface area contributed by atoms with Crippen molar-refractivity contribution in [3.05, 3.63) is 71.6 Å². The van der Waals surface area contributed by atoms with Crippen LogP contribution in [0.1, 0.15) is 41.7 Å². The Bertz CT molecular complexity index is 899. The molecule has 0 aliphatic carbocycles. The van der Waals surface area contributed by atoms with Crippen LogP contribution in [0.25, 0.3) is 11.4 Å². The SMILES string of the molecule is CC(C)(O)c1ccc(-c2noc([C@H](CO)NC(=O)c3ccccc3)n2)cc1. The molecule has 3 N–H and O–H groups in total. The topological polar surface area (TPSA) is 108 Å².